The van der Waals surface area contributed by atoms with Crippen LogP contribution in [-0.4, -0.2) is 33.7 Å². The second-order valence-corrected chi connectivity index (χ2v) is 4.29. The van der Waals surface area contributed by atoms with Gasteiger partial charge in [0.25, 0.3) is 5.91 Å². The lowest BCUT2D eigenvalue weighted by molar-refractivity contribution is 0.0651. The van der Waals surface area contributed by atoms with E-state index < -0.39 is 11.9 Å². The molecule has 0 radical (unpaired) electrons. The van der Waals surface area contributed by atoms with Crippen LogP contribution in [0, 0.1) is 0 Å². The van der Waals surface area contributed by atoms with Crippen LogP contribution >= 0.6 is 11.3 Å². The number of amides is 1. The SMILES string of the molecule is O=C(NCCc1nccs1)c1cc(C(=O)O)on1. The number of carbonyl (C=O) groups excluding carboxylic acids is 1. The fraction of sp³-hybridized carbons (Fsp3) is 0.200. The number of carboxylic acids is 1. The van der Waals surface area contributed by atoms with Crippen LogP contribution < -0.4 is 5.32 Å². The van der Waals surface area contributed by atoms with Crippen LogP contribution in [0.5, 0.6) is 0 Å². The van der Waals surface area contributed by atoms with Gasteiger partial charge in [-0.3, -0.25) is 4.79 Å². The summed E-state index contributed by atoms with van der Waals surface area (Å²) in [5.74, 6) is -2.09. The minimum Gasteiger partial charge on any atom is -0.475 e. The highest BCUT2D eigenvalue weighted by Crippen LogP contribution is 2.05. The first-order valence-corrected chi connectivity index (χ1v) is 5.91. The summed E-state index contributed by atoms with van der Waals surface area (Å²) in [5.41, 5.74) is -0.0495. The van der Waals surface area contributed by atoms with Gasteiger partial charge in [0.15, 0.2) is 5.69 Å². The number of rotatable bonds is 5. The zero-order valence-corrected chi connectivity index (χ0v) is 9.94. The molecule has 18 heavy (non-hydrogen) atoms. The number of nitrogens with one attached hydrogen (secondary N) is 1. The zero-order valence-electron chi connectivity index (χ0n) is 9.12. The second kappa shape index (κ2) is 5.41. The maximum Gasteiger partial charge on any atom is 0.374 e. The molecule has 0 fully saturated rings. The van der Waals surface area contributed by atoms with Gasteiger partial charge in [-0.2, -0.15) is 0 Å². The first-order valence-electron chi connectivity index (χ1n) is 5.03. The number of thiazole rings is 1. The van der Waals surface area contributed by atoms with Crippen molar-refractivity contribution in [3.05, 3.63) is 34.1 Å². The minimum absolute atomic E-state index is 0.0495. The van der Waals surface area contributed by atoms with Crippen LogP contribution in [-0.2, 0) is 6.42 Å². The Balaban J connectivity index is 1.85. The number of hydrogen-bond acceptors (Lipinski definition) is 6. The molecule has 8 heteroatoms. The highest BCUT2D eigenvalue weighted by Gasteiger charge is 2.16. The van der Waals surface area contributed by atoms with Crippen molar-refractivity contribution >= 4 is 23.2 Å². The highest BCUT2D eigenvalue weighted by atomic mass is 32.1. The van der Waals surface area contributed by atoms with Gasteiger partial charge in [-0.1, -0.05) is 5.16 Å². The zero-order chi connectivity index (χ0) is 13.0. The summed E-state index contributed by atoms with van der Waals surface area (Å²) in [7, 11) is 0. The molecule has 2 aromatic heterocycles. The van der Waals surface area contributed by atoms with Crippen molar-refractivity contribution in [3.63, 3.8) is 0 Å². The van der Waals surface area contributed by atoms with E-state index in [0.29, 0.717) is 13.0 Å². The molecule has 2 N–H and O–H groups in total. The number of aromatic carboxylic acids is 1. The molecule has 0 aliphatic rings. The van der Waals surface area contributed by atoms with Crippen molar-refractivity contribution in [3.8, 4) is 0 Å². The molecule has 7 nitrogen and oxygen atoms in total. The van der Waals surface area contributed by atoms with Gasteiger partial charge in [0.2, 0.25) is 5.76 Å². The van der Waals surface area contributed by atoms with Crippen LogP contribution in [0.1, 0.15) is 26.1 Å². The number of carbonyl (C=O) groups is 2. The van der Waals surface area contributed by atoms with E-state index in [0.717, 1.165) is 11.1 Å². The Morgan fingerprint density at radius 2 is 2.33 bits per heavy atom. The maximum atomic E-state index is 11.6. The molecular weight excluding hydrogens is 258 g/mol. The molecule has 0 atom stereocenters. The van der Waals surface area contributed by atoms with Gasteiger partial charge < -0.3 is 14.9 Å². The van der Waals surface area contributed by atoms with Crippen LogP contribution in [0.15, 0.2) is 22.2 Å². The lowest BCUT2D eigenvalue weighted by Crippen LogP contribution is -2.25. The number of aromatic nitrogens is 2. The Bertz CT molecular complexity index is 549. The summed E-state index contributed by atoms with van der Waals surface area (Å²) < 4.78 is 4.48. The fourth-order valence-electron chi connectivity index (χ4n) is 1.23. The van der Waals surface area contributed by atoms with Crippen molar-refractivity contribution in [1.82, 2.24) is 15.5 Å². The van der Waals surface area contributed by atoms with E-state index in [1.807, 2.05) is 5.38 Å². The van der Waals surface area contributed by atoms with Gasteiger partial charge in [-0.25, -0.2) is 9.78 Å². The molecule has 0 bridgehead atoms. The van der Waals surface area contributed by atoms with Crippen LogP contribution in [0.2, 0.25) is 0 Å². The molecule has 0 unspecified atom stereocenters. The van der Waals surface area contributed by atoms with Crippen LogP contribution in [0.4, 0.5) is 0 Å². The summed E-state index contributed by atoms with van der Waals surface area (Å²) in [6.45, 7) is 0.404. The largest absolute Gasteiger partial charge is 0.475 e. The van der Waals surface area contributed by atoms with E-state index in [4.69, 9.17) is 5.11 Å². The molecule has 0 aliphatic carbocycles. The Hall–Kier alpha value is -2.22. The van der Waals surface area contributed by atoms with E-state index >= 15 is 0 Å². The third-order valence-electron chi connectivity index (χ3n) is 2.06. The summed E-state index contributed by atoms with van der Waals surface area (Å²) in [6, 6.07) is 1.08. The van der Waals surface area contributed by atoms with Crippen molar-refractivity contribution < 1.29 is 19.2 Å². The van der Waals surface area contributed by atoms with Gasteiger partial charge in [0, 0.05) is 30.6 Å². The summed E-state index contributed by atoms with van der Waals surface area (Å²) >= 11 is 1.50. The Labute approximate surface area is 105 Å². The number of carboxylic acid groups (broad SMARTS) is 1. The summed E-state index contributed by atoms with van der Waals surface area (Å²) in [5, 5.41) is 17.4. The minimum atomic E-state index is -1.26. The van der Waals surface area contributed by atoms with Crippen LogP contribution in [0.25, 0.3) is 0 Å². The van der Waals surface area contributed by atoms with E-state index in [1.54, 1.807) is 6.20 Å². The van der Waals surface area contributed by atoms with Gasteiger partial charge in [-0.05, 0) is 0 Å². The number of nitrogens with zero attached hydrogens (tertiary/aromatic N) is 2. The monoisotopic (exact) mass is 267 g/mol. The normalized spacial score (nSPS) is 10.2. The quantitative estimate of drug-likeness (QED) is 0.830. The third kappa shape index (κ3) is 2.92. The molecule has 2 rings (SSSR count). The molecule has 0 spiro atoms. The Morgan fingerprint density at radius 1 is 1.50 bits per heavy atom. The summed E-state index contributed by atoms with van der Waals surface area (Å²) in [6.07, 6.45) is 2.31. The smallest absolute Gasteiger partial charge is 0.374 e. The van der Waals surface area contributed by atoms with E-state index in [-0.39, 0.29) is 11.5 Å². The molecule has 2 aromatic rings. The maximum absolute atomic E-state index is 11.6. The van der Waals surface area contributed by atoms with Gasteiger partial charge in [0.1, 0.15) is 0 Å². The second-order valence-electron chi connectivity index (χ2n) is 3.31. The molecule has 0 aliphatic heterocycles. The average Bonchev–Trinajstić information content (AvgIpc) is 2.99. The van der Waals surface area contributed by atoms with Gasteiger partial charge >= 0.3 is 5.97 Å². The Kier molecular flexibility index (Phi) is 3.68. The first-order chi connectivity index (χ1) is 8.66. The molecule has 0 saturated heterocycles. The van der Waals surface area contributed by atoms with Crippen molar-refractivity contribution in [1.29, 1.82) is 0 Å². The van der Waals surface area contributed by atoms with E-state index in [1.165, 1.54) is 11.3 Å². The van der Waals surface area contributed by atoms with Gasteiger partial charge in [-0.15, -0.1) is 11.3 Å². The predicted octanol–water partition coefficient (Wildman–Crippen LogP) is 0.802. The van der Waals surface area contributed by atoms with Crippen molar-refractivity contribution in [2.75, 3.05) is 6.54 Å². The highest BCUT2D eigenvalue weighted by molar-refractivity contribution is 7.09. The fourth-order valence-corrected chi connectivity index (χ4v) is 1.85. The van der Waals surface area contributed by atoms with Crippen LogP contribution in [0.3, 0.4) is 0 Å². The molecule has 0 saturated carbocycles. The Morgan fingerprint density at radius 3 is 2.94 bits per heavy atom. The standard InChI is InChI=1S/C10H9N3O4S/c14-9(6-5-7(10(15)16)17-13-6)12-2-1-8-11-3-4-18-8/h3-5H,1-2H2,(H,12,14)(H,15,16). The van der Waals surface area contributed by atoms with Gasteiger partial charge in [0.05, 0.1) is 5.01 Å². The van der Waals surface area contributed by atoms with E-state index in [9.17, 15) is 9.59 Å². The number of hydrogen-bond donors (Lipinski definition) is 2. The third-order valence-corrected chi connectivity index (χ3v) is 2.90. The molecule has 2 heterocycles. The lowest BCUT2D eigenvalue weighted by atomic mass is 10.3. The van der Waals surface area contributed by atoms with Crippen molar-refractivity contribution in [2.45, 2.75) is 6.42 Å². The van der Waals surface area contributed by atoms with Crippen molar-refractivity contribution in [2.24, 2.45) is 0 Å². The lowest BCUT2D eigenvalue weighted by Gasteiger charge is -1.99. The first kappa shape index (κ1) is 12.2. The molecule has 94 valence electrons. The van der Waals surface area contributed by atoms with E-state index in [2.05, 4.69) is 20.0 Å². The topological polar surface area (TPSA) is 105 Å². The molecular formula is C10H9N3O4S. The molecule has 0 aromatic carbocycles. The summed E-state index contributed by atoms with van der Waals surface area (Å²) in [4.78, 5) is 26.2. The average molecular weight is 267 g/mol. The predicted molar refractivity (Wildman–Crippen MR) is 61.6 cm³/mol. The molecule has 1 amide bonds.